The van der Waals surface area contributed by atoms with E-state index in [9.17, 15) is 0 Å². The first-order valence-electron chi connectivity index (χ1n) is 6.42. The Kier molecular flexibility index (Phi) is 4.47. The molecule has 18 heavy (non-hydrogen) atoms. The minimum atomic E-state index is 0.266. The Bertz CT molecular complexity index is 447. The van der Waals surface area contributed by atoms with Crippen LogP contribution in [0.25, 0.3) is 0 Å². The molecule has 1 aromatic heterocycles. The number of rotatable bonds is 6. The topological polar surface area (TPSA) is 42.7 Å². The SMILES string of the molecule is CCCc1ccc(C(Cn2cncn2)NC)cc1. The Morgan fingerprint density at radius 3 is 2.61 bits per heavy atom. The van der Waals surface area contributed by atoms with Gasteiger partial charge < -0.3 is 5.32 Å². The molecule has 0 amide bonds. The molecule has 0 aliphatic rings. The van der Waals surface area contributed by atoms with Gasteiger partial charge in [0.2, 0.25) is 0 Å². The average molecular weight is 244 g/mol. The molecule has 0 radical (unpaired) electrons. The minimum Gasteiger partial charge on any atom is -0.311 e. The summed E-state index contributed by atoms with van der Waals surface area (Å²) in [6.07, 6.45) is 5.65. The van der Waals surface area contributed by atoms with Gasteiger partial charge >= 0.3 is 0 Å². The lowest BCUT2D eigenvalue weighted by Crippen LogP contribution is -2.22. The van der Waals surface area contributed by atoms with Crippen LogP contribution >= 0.6 is 0 Å². The quantitative estimate of drug-likeness (QED) is 0.847. The van der Waals surface area contributed by atoms with Gasteiger partial charge in [0.15, 0.2) is 0 Å². The van der Waals surface area contributed by atoms with E-state index in [1.165, 1.54) is 17.5 Å². The van der Waals surface area contributed by atoms with Gasteiger partial charge in [-0.2, -0.15) is 5.10 Å². The summed E-state index contributed by atoms with van der Waals surface area (Å²) in [6.45, 7) is 3.00. The highest BCUT2D eigenvalue weighted by atomic mass is 15.3. The highest BCUT2D eigenvalue weighted by Gasteiger charge is 2.10. The van der Waals surface area contributed by atoms with Crippen LogP contribution in [0.1, 0.15) is 30.5 Å². The molecule has 96 valence electrons. The molecule has 1 aromatic carbocycles. The number of hydrogen-bond donors (Lipinski definition) is 1. The molecule has 0 aliphatic heterocycles. The molecule has 0 saturated carbocycles. The van der Waals surface area contributed by atoms with Crippen molar-refractivity contribution in [2.24, 2.45) is 0 Å². The standard InChI is InChI=1S/C14H20N4/c1-3-4-12-5-7-13(8-6-12)14(15-2)9-18-11-16-10-17-18/h5-8,10-11,14-15H,3-4,9H2,1-2H3. The molecule has 1 atom stereocenters. The Morgan fingerprint density at radius 2 is 2.06 bits per heavy atom. The van der Waals surface area contributed by atoms with E-state index in [-0.39, 0.29) is 6.04 Å². The van der Waals surface area contributed by atoms with Crippen molar-refractivity contribution in [1.29, 1.82) is 0 Å². The van der Waals surface area contributed by atoms with E-state index >= 15 is 0 Å². The minimum absolute atomic E-state index is 0.266. The Balaban J connectivity index is 2.07. The third-order valence-electron chi connectivity index (χ3n) is 3.11. The predicted octanol–water partition coefficient (Wildman–Crippen LogP) is 2.19. The van der Waals surface area contributed by atoms with Gasteiger partial charge in [-0.15, -0.1) is 0 Å². The van der Waals surface area contributed by atoms with Crippen molar-refractivity contribution in [2.45, 2.75) is 32.4 Å². The lowest BCUT2D eigenvalue weighted by atomic mass is 10.0. The highest BCUT2D eigenvalue weighted by molar-refractivity contribution is 5.25. The first kappa shape index (κ1) is 12.8. The van der Waals surface area contributed by atoms with Crippen molar-refractivity contribution in [1.82, 2.24) is 20.1 Å². The largest absolute Gasteiger partial charge is 0.311 e. The van der Waals surface area contributed by atoms with Crippen LogP contribution in [0.4, 0.5) is 0 Å². The number of likely N-dealkylation sites (N-methyl/N-ethyl adjacent to an activating group) is 1. The van der Waals surface area contributed by atoms with Crippen LogP contribution in [0, 0.1) is 0 Å². The molecule has 0 bridgehead atoms. The lowest BCUT2D eigenvalue weighted by Gasteiger charge is -2.16. The molecule has 1 unspecified atom stereocenters. The van der Waals surface area contributed by atoms with Crippen LogP contribution in [-0.2, 0) is 13.0 Å². The van der Waals surface area contributed by atoms with E-state index in [0.29, 0.717) is 0 Å². The zero-order valence-corrected chi connectivity index (χ0v) is 11.0. The van der Waals surface area contributed by atoms with E-state index in [4.69, 9.17) is 0 Å². The number of benzene rings is 1. The fraction of sp³-hybridized carbons (Fsp3) is 0.429. The van der Waals surface area contributed by atoms with Crippen molar-refractivity contribution in [3.63, 3.8) is 0 Å². The van der Waals surface area contributed by atoms with E-state index in [2.05, 4.69) is 46.6 Å². The summed E-state index contributed by atoms with van der Waals surface area (Å²) in [5.74, 6) is 0. The molecule has 0 fully saturated rings. The molecule has 1 N–H and O–H groups in total. The third kappa shape index (κ3) is 3.17. The number of hydrogen-bond acceptors (Lipinski definition) is 3. The monoisotopic (exact) mass is 244 g/mol. The fourth-order valence-electron chi connectivity index (χ4n) is 2.08. The van der Waals surface area contributed by atoms with Crippen molar-refractivity contribution < 1.29 is 0 Å². The van der Waals surface area contributed by atoms with Gasteiger partial charge in [-0.25, -0.2) is 4.98 Å². The van der Waals surface area contributed by atoms with Crippen molar-refractivity contribution in [2.75, 3.05) is 7.05 Å². The maximum Gasteiger partial charge on any atom is 0.137 e. The summed E-state index contributed by atoms with van der Waals surface area (Å²) in [5.41, 5.74) is 2.68. The van der Waals surface area contributed by atoms with Gasteiger partial charge in [-0.05, 0) is 24.6 Å². The maximum atomic E-state index is 4.14. The zero-order valence-electron chi connectivity index (χ0n) is 11.0. The molecule has 4 heteroatoms. The predicted molar refractivity (Wildman–Crippen MR) is 72.3 cm³/mol. The van der Waals surface area contributed by atoms with Crippen LogP contribution in [0.3, 0.4) is 0 Å². The molecule has 0 spiro atoms. The van der Waals surface area contributed by atoms with Gasteiger partial charge in [-0.3, -0.25) is 4.68 Å². The molecule has 0 saturated heterocycles. The number of aryl methyl sites for hydroxylation is 1. The molecule has 1 heterocycles. The summed E-state index contributed by atoms with van der Waals surface area (Å²) in [5, 5.41) is 7.46. The Hall–Kier alpha value is -1.68. The Labute approximate surface area is 108 Å². The molecular formula is C14H20N4. The average Bonchev–Trinajstić information content (AvgIpc) is 2.90. The van der Waals surface area contributed by atoms with Gasteiger partial charge in [0.25, 0.3) is 0 Å². The van der Waals surface area contributed by atoms with E-state index < -0.39 is 0 Å². The van der Waals surface area contributed by atoms with Crippen LogP contribution in [0.2, 0.25) is 0 Å². The summed E-state index contributed by atoms with van der Waals surface area (Å²) < 4.78 is 1.85. The summed E-state index contributed by atoms with van der Waals surface area (Å²) >= 11 is 0. The maximum absolute atomic E-state index is 4.14. The molecular weight excluding hydrogens is 224 g/mol. The van der Waals surface area contributed by atoms with Gasteiger partial charge in [0, 0.05) is 0 Å². The van der Waals surface area contributed by atoms with E-state index in [1.807, 2.05) is 11.7 Å². The van der Waals surface area contributed by atoms with Gasteiger partial charge in [0.05, 0.1) is 12.6 Å². The van der Waals surface area contributed by atoms with Crippen molar-refractivity contribution in [3.05, 3.63) is 48.0 Å². The summed E-state index contributed by atoms with van der Waals surface area (Å²) in [7, 11) is 1.97. The smallest absolute Gasteiger partial charge is 0.137 e. The summed E-state index contributed by atoms with van der Waals surface area (Å²) in [4.78, 5) is 3.97. The first-order valence-corrected chi connectivity index (χ1v) is 6.42. The number of nitrogens with one attached hydrogen (secondary N) is 1. The van der Waals surface area contributed by atoms with E-state index in [0.717, 1.165) is 13.0 Å². The van der Waals surface area contributed by atoms with Gasteiger partial charge in [-0.1, -0.05) is 37.6 Å². The van der Waals surface area contributed by atoms with Crippen LogP contribution in [0.5, 0.6) is 0 Å². The zero-order chi connectivity index (χ0) is 12.8. The highest BCUT2D eigenvalue weighted by Crippen LogP contribution is 2.16. The van der Waals surface area contributed by atoms with Crippen LogP contribution in [0.15, 0.2) is 36.9 Å². The molecule has 2 aromatic rings. The Morgan fingerprint density at radius 1 is 1.28 bits per heavy atom. The lowest BCUT2D eigenvalue weighted by molar-refractivity contribution is 0.467. The second-order valence-corrected chi connectivity index (χ2v) is 4.45. The molecule has 2 rings (SSSR count). The van der Waals surface area contributed by atoms with Crippen LogP contribution < -0.4 is 5.32 Å². The normalized spacial score (nSPS) is 12.6. The second-order valence-electron chi connectivity index (χ2n) is 4.45. The third-order valence-corrected chi connectivity index (χ3v) is 3.11. The second kappa shape index (κ2) is 6.31. The van der Waals surface area contributed by atoms with Gasteiger partial charge in [0.1, 0.15) is 12.7 Å². The number of aromatic nitrogens is 3. The molecule has 4 nitrogen and oxygen atoms in total. The fourth-order valence-corrected chi connectivity index (χ4v) is 2.08. The summed E-state index contributed by atoms with van der Waals surface area (Å²) in [6, 6.07) is 9.09. The van der Waals surface area contributed by atoms with Crippen LogP contribution in [-0.4, -0.2) is 21.8 Å². The number of nitrogens with zero attached hydrogens (tertiary/aromatic N) is 3. The molecule has 0 aliphatic carbocycles. The van der Waals surface area contributed by atoms with Crippen molar-refractivity contribution in [3.8, 4) is 0 Å². The first-order chi connectivity index (χ1) is 8.83. The van der Waals surface area contributed by atoms with E-state index in [1.54, 1.807) is 12.7 Å². The van der Waals surface area contributed by atoms with Crippen molar-refractivity contribution >= 4 is 0 Å².